The Labute approximate surface area is 204 Å². The SMILES string of the molecule is COc1cc(Cl)c(N2CNc3c(OC)nc(CCl)nc32)cc1OCc1c(OC)ccc(F)c1F. The Morgan fingerprint density at radius 2 is 1.79 bits per heavy atom. The molecule has 8 nitrogen and oxygen atoms in total. The van der Waals surface area contributed by atoms with Crippen LogP contribution >= 0.6 is 23.2 Å². The lowest BCUT2D eigenvalue weighted by atomic mass is 10.2. The lowest BCUT2D eigenvalue weighted by Crippen LogP contribution is -2.18. The summed E-state index contributed by atoms with van der Waals surface area (Å²) in [6.45, 7) is -0.00459. The normalized spacial score (nSPS) is 12.3. The summed E-state index contributed by atoms with van der Waals surface area (Å²) >= 11 is 12.5. The maximum absolute atomic E-state index is 14.4. The van der Waals surface area contributed by atoms with Crippen LogP contribution in [0.25, 0.3) is 0 Å². The quantitative estimate of drug-likeness (QED) is 0.408. The van der Waals surface area contributed by atoms with Gasteiger partial charge in [-0.2, -0.15) is 4.98 Å². The third-order valence-electron chi connectivity index (χ3n) is 5.15. The van der Waals surface area contributed by atoms with Gasteiger partial charge in [-0.3, -0.25) is 0 Å². The van der Waals surface area contributed by atoms with Crippen LogP contribution in [0.2, 0.25) is 5.02 Å². The molecule has 0 fully saturated rings. The predicted octanol–water partition coefficient (Wildman–Crippen LogP) is 5.27. The predicted molar refractivity (Wildman–Crippen MR) is 124 cm³/mol. The maximum Gasteiger partial charge on any atom is 0.242 e. The Morgan fingerprint density at radius 1 is 1.03 bits per heavy atom. The average Bonchev–Trinajstić information content (AvgIpc) is 3.28. The number of nitrogens with zero attached hydrogens (tertiary/aromatic N) is 3. The first kappa shape index (κ1) is 23.9. The molecule has 1 aliphatic rings. The molecule has 3 aromatic rings. The van der Waals surface area contributed by atoms with Crippen LogP contribution in [-0.2, 0) is 12.5 Å². The van der Waals surface area contributed by atoms with Crippen molar-refractivity contribution in [1.29, 1.82) is 0 Å². The zero-order valence-electron chi connectivity index (χ0n) is 18.4. The van der Waals surface area contributed by atoms with Gasteiger partial charge in [0.15, 0.2) is 29.0 Å². The summed E-state index contributed by atoms with van der Waals surface area (Å²) in [5, 5.41) is 3.52. The molecule has 34 heavy (non-hydrogen) atoms. The Morgan fingerprint density at radius 3 is 2.47 bits per heavy atom. The fourth-order valence-corrected chi connectivity index (χ4v) is 3.89. The van der Waals surface area contributed by atoms with Gasteiger partial charge in [-0.25, -0.2) is 13.8 Å². The standard InChI is InChI=1S/C22H20Cl2F2N4O4/c1-31-15-5-4-13(25)19(26)11(15)9-34-17-7-14(12(24)6-16(17)32-2)30-10-27-20-21(30)28-18(8-23)29-22(20)33-3/h4-7,27H,8-10H2,1-3H3. The van der Waals surface area contributed by atoms with Crippen LogP contribution in [0, 0.1) is 11.6 Å². The van der Waals surface area contributed by atoms with Crippen LogP contribution < -0.4 is 29.2 Å². The van der Waals surface area contributed by atoms with Crippen molar-refractivity contribution in [3.63, 3.8) is 0 Å². The number of fused-ring (bicyclic) bond motifs is 1. The van der Waals surface area contributed by atoms with Crippen molar-refractivity contribution in [3.05, 3.63) is 52.3 Å². The second kappa shape index (κ2) is 9.94. The molecule has 0 saturated heterocycles. The van der Waals surface area contributed by atoms with Gasteiger partial charge in [0.2, 0.25) is 5.88 Å². The van der Waals surface area contributed by atoms with Gasteiger partial charge in [-0.1, -0.05) is 11.6 Å². The van der Waals surface area contributed by atoms with Gasteiger partial charge < -0.3 is 29.2 Å². The van der Waals surface area contributed by atoms with Crippen LogP contribution in [-0.4, -0.2) is 38.0 Å². The molecule has 180 valence electrons. The molecule has 1 aromatic heterocycles. The summed E-state index contributed by atoms with van der Waals surface area (Å²) in [7, 11) is 4.30. The monoisotopic (exact) mass is 512 g/mol. The van der Waals surface area contributed by atoms with Crippen molar-refractivity contribution in [3.8, 4) is 23.1 Å². The minimum Gasteiger partial charge on any atom is -0.496 e. The average molecular weight is 513 g/mol. The maximum atomic E-state index is 14.4. The van der Waals surface area contributed by atoms with Crippen LogP contribution in [0.15, 0.2) is 24.3 Å². The Hall–Kier alpha value is -3.24. The van der Waals surface area contributed by atoms with E-state index in [0.29, 0.717) is 46.3 Å². The second-order valence-corrected chi connectivity index (χ2v) is 7.70. The Bertz CT molecular complexity index is 1230. The van der Waals surface area contributed by atoms with Crippen molar-refractivity contribution >= 4 is 40.4 Å². The molecule has 0 spiro atoms. The van der Waals surface area contributed by atoms with Crippen LogP contribution in [0.1, 0.15) is 11.4 Å². The lowest BCUT2D eigenvalue weighted by molar-refractivity contribution is 0.270. The highest BCUT2D eigenvalue weighted by Crippen LogP contribution is 2.46. The molecule has 12 heteroatoms. The highest BCUT2D eigenvalue weighted by Gasteiger charge is 2.29. The van der Waals surface area contributed by atoms with E-state index in [1.54, 1.807) is 17.0 Å². The van der Waals surface area contributed by atoms with E-state index < -0.39 is 11.6 Å². The largest absolute Gasteiger partial charge is 0.496 e. The smallest absolute Gasteiger partial charge is 0.242 e. The van der Waals surface area contributed by atoms with E-state index in [2.05, 4.69) is 15.3 Å². The van der Waals surface area contributed by atoms with Gasteiger partial charge >= 0.3 is 0 Å². The minimum absolute atomic E-state index is 0.0709. The molecule has 0 atom stereocenters. The van der Waals surface area contributed by atoms with E-state index in [4.69, 9.17) is 42.1 Å². The first-order valence-corrected chi connectivity index (χ1v) is 10.9. The second-order valence-electron chi connectivity index (χ2n) is 7.03. The van der Waals surface area contributed by atoms with E-state index in [-0.39, 0.29) is 29.5 Å². The number of halogens is 4. The van der Waals surface area contributed by atoms with Crippen molar-refractivity contribution < 1.29 is 27.7 Å². The molecule has 1 N–H and O–H groups in total. The topological polar surface area (TPSA) is 78.0 Å². The summed E-state index contributed by atoms with van der Waals surface area (Å²) in [5.41, 5.74) is 1.03. The fourth-order valence-electron chi connectivity index (χ4n) is 3.52. The van der Waals surface area contributed by atoms with E-state index in [1.807, 2.05) is 0 Å². The minimum atomic E-state index is -1.05. The molecule has 0 bridgehead atoms. The third-order valence-corrected chi connectivity index (χ3v) is 5.70. The van der Waals surface area contributed by atoms with Gasteiger partial charge in [0.05, 0.1) is 50.2 Å². The van der Waals surface area contributed by atoms with Crippen molar-refractivity contribution in [2.75, 3.05) is 38.2 Å². The van der Waals surface area contributed by atoms with Crippen molar-refractivity contribution in [2.45, 2.75) is 12.5 Å². The Balaban J connectivity index is 1.72. The number of methoxy groups -OCH3 is 3. The summed E-state index contributed by atoms with van der Waals surface area (Å²) < 4.78 is 49.9. The van der Waals surface area contributed by atoms with Gasteiger partial charge in [0.25, 0.3) is 0 Å². The van der Waals surface area contributed by atoms with Crippen molar-refractivity contribution in [2.24, 2.45) is 0 Å². The molecular formula is C22H20Cl2F2N4O4. The molecule has 1 aliphatic heterocycles. The van der Waals surface area contributed by atoms with Crippen LogP contribution in [0.3, 0.4) is 0 Å². The number of nitrogens with one attached hydrogen (secondary N) is 1. The number of hydrogen-bond donors (Lipinski definition) is 1. The number of benzene rings is 2. The van der Waals surface area contributed by atoms with E-state index in [0.717, 1.165) is 6.07 Å². The molecule has 0 radical (unpaired) electrons. The summed E-state index contributed by atoms with van der Waals surface area (Å²) in [5.74, 6) is -0.0323. The first-order chi connectivity index (χ1) is 16.4. The number of rotatable bonds is 8. The zero-order chi connectivity index (χ0) is 24.4. The molecule has 0 unspecified atom stereocenters. The number of anilines is 3. The van der Waals surface area contributed by atoms with E-state index in [9.17, 15) is 8.78 Å². The van der Waals surface area contributed by atoms with Gasteiger partial charge in [-0.05, 0) is 12.1 Å². The fraction of sp³-hybridized carbons (Fsp3) is 0.273. The number of alkyl halides is 1. The molecule has 2 aromatic carbocycles. The Kier molecular flexibility index (Phi) is 6.99. The molecule has 4 rings (SSSR count). The number of ether oxygens (including phenoxy) is 4. The molecule has 0 amide bonds. The van der Waals surface area contributed by atoms with Crippen molar-refractivity contribution in [1.82, 2.24) is 9.97 Å². The highest BCUT2D eigenvalue weighted by atomic mass is 35.5. The van der Waals surface area contributed by atoms with E-state index in [1.165, 1.54) is 27.4 Å². The summed E-state index contributed by atoms with van der Waals surface area (Å²) in [6.07, 6.45) is 0. The third kappa shape index (κ3) is 4.30. The first-order valence-electron chi connectivity index (χ1n) is 9.95. The number of hydrogen-bond acceptors (Lipinski definition) is 8. The number of aromatic nitrogens is 2. The van der Waals surface area contributed by atoms with Gasteiger partial charge in [-0.15, -0.1) is 11.6 Å². The van der Waals surface area contributed by atoms with E-state index >= 15 is 0 Å². The summed E-state index contributed by atoms with van der Waals surface area (Å²) in [6, 6.07) is 5.50. The zero-order valence-corrected chi connectivity index (χ0v) is 19.9. The molecule has 0 saturated carbocycles. The molecule has 0 aliphatic carbocycles. The molecule has 2 heterocycles. The molecular weight excluding hydrogens is 493 g/mol. The summed E-state index contributed by atoms with van der Waals surface area (Å²) in [4.78, 5) is 10.5. The van der Waals surface area contributed by atoms with Gasteiger partial charge in [0, 0.05) is 12.1 Å². The highest BCUT2D eigenvalue weighted by molar-refractivity contribution is 6.33. The van der Waals surface area contributed by atoms with Gasteiger partial charge in [0.1, 0.15) is 23.9 Å². The van der Waals surface area contributed by atoms with Crippen LogP contribution in [0.4, 0.5) is 26.0 Å². The lowest BCUT2D eigenvalue weighted by Gasteiger charge is -2.21. The van der Waals surface area contributed by atoms with Crippen LogP contribution in [0.5, 0.6) is 23.1 Å².